The van der Waals surface area contributed by atoms with E-state index in [1.165, 1.54) is 51.5 Å². The van der Waals surface area contributed by atoms with E-state index in [0.29, 0.717) is 43.4 Å². The summed E-state index contributed by atoms with van der Waals surface area (Å²) in [7, 11) is 1.60. The molecule has 7 nitrogen and oxygen atoms in total. The third-order valence-electron chi connectivity index (χ3n) is 5.97. The molecule has 0 radical (unpaired) electrons. The van der Waals surface area contributed by atoms with Crippen LogP contribution in [-0.4, -0.2) is 64.7 Å². The van der Waals surface area contributed by atoms with E-state index in [-0.39, 0.29) is 5.91 Å². The Morgan fingerprint density at radius 1 is 1.22 bits per heavy atom. The minimum Gasteiger partial charge on any atom is -0.375 e. The van der Waals surface area contributed by atoms with Gasteiger partial charge in [-0.25, -0.2) is 0 Å². The normalized spacial score (nSPS) is 22.5. The minimum atomic E-state index is 0.142. The fourth-order valence-electron chi connectivity index (χ4n) is 4.58. The Balaban J connectivity index is 1.57. The number of nitrogens with zero attached hydrogens (tertiary/aromatic N) is 4. The maximum atomic E-state index is 12.3. The quantitative estimate of drug-likeness (QED) is 0.680. The Hall–Kier alpha value is -1.47. The molecule has 1 aromatic heterocycles. The van der Waals surface area contributed by atoms with Gasteiger partial charge in [-0.15, -0.1) is 0 Å². The number of carbonyl (C=O) groups excluding carboxylic acids is 1. The van der Waals surface area contributed by atoms with E-state index < -0.39 is 0 Å². The molecule has 1 aromatic rings. The van der Waals surface area contributed by atoms with E-state index in [1.807, 2.05) is 4.90 Å². The molecule has 1 aliphatic heterocycles. The summed E-state index contributed by atoms with van der Waals surface area (Å²) in [4.78, 5) is 21.3. The lowest BCUT2D eigenvalue weighted by molar-refractivity contribution is -0.132. The lowest BCUT2D eigenvalue weighted by Crippen LogP contribution is -2.52. The van der Waals surface area contributed by atoms with Crippen molar-refractivity contribution in [2.75, 3.05) is 26.7 Å². The van der Waals surface area contributed by atoms with Crippen molar-refractivity contribution in [1.82, 2.24) is 19.9 Å². The van der Waals surface area contributed by atoms with Gasteiger partial charge in [-0.05, 0) is 32.2 Å². The van der Waals surface area contributed by atoms with Crippen LogP contribution in [0.4, 0.5) is 0 Å². The van der Waals surface area contributed by atoms with Crippen LogP contribution >= 0.6 is 0 Å². The summed E-state index contributed by atoms with van der Waals surface area (Å²) >= 11 is 0. The van der Waals surface area contributed by atoms with Gasteiger partial charge >= 0.3 is 0 Å². The topological polar surface area (TPSA) is 71.7 Å². The summed E-state index contributed by atoms with van der Waals surface area (Å²) in [6, 6.07) is 1.00. The van der Waals surface area contributed by atoms with Gasteiger partial charge in [-0.1, -0.05) is 30.8 Å². The zero-order valence-electron chi connectivity index (χ0n) is 16.9. The lowest BCUT2D eigenvalue weighted by Gasteiger charge is -2.42. The van der Waals surface area contributed by atoms with Crippen molar-refractivity contribution >= 4 is 5.91 Å². The molecule has 1 saturated heterocycles. The summed E-state index contributed by atoms with van der Waals surface area (Å²) in [5.74, 6) is 1.27. The monoisotopic (exact) mass is 378 g/mol. The molecule has 1 unspecified atom stereocenters. The SMILES string of the molecule is COCc1nc(CCN(C(C)=O)C2CCCN(C3CCCCCC3)C2)no1. The second-order valence-corrected chi connectivity index (χ2v) is 7.94. The predicted octanol–water partition coefficient (Wildman–Crippen LogP) is 2.79. The summed E-state index contributed by atoms with van der Waals surface area (Å²) < 4.78 is 10.2. The Labute approximate surface area is 162 Å². The molecule has 2 fully saturated rings. The molecule has 0 aromatic carbocycles. The van der Waals surface area contributed by atoms with Crippen molar-refractivity contribution < 1.29 is 14.1 Å². The van der Waals surface area contributed by atoms with E-state index in [9.17, 15) is 4.79 Å². The van der Waals surface area contributed by atoms with Gasteiger partial charge in [-0.2, -0.15) is 4.98 Å². The molecule has 2 heterocycles. The zero-order chi connectivity index (χ0) is 19.1. The van der Waals surface area contributed by atoms with Crippen LogP contribution in [-0.2, 0) is 22.6 Å². The maximum Gasteiger partial charge on any atom is 0.252 e. The van der Waals surface area contributed by atoms with Crippen molar-refractivity contribution in [2.24, 2.45) is 0 Å². The van der Waals surface area contributed by atoms with E-state index in [0.717, 1.165) is 13.0 Å². The summed E-state index contributed by atoms with van der Waals surface area (Å²) in [5.41, 5.74) is 0. The van der Waals surface area contributed by atoms with Gasteiger partial charge in [0.15, 0.2) is 5.82 Å². The number of ether oxygens (including phenoxy) is 1. The van der Waals surface area contributed by atoms with Crippen LogP contribution in [0.25, 0.3) is 0 Å². The smallest absolute Gasteiger partial charge is 0.252 e. The van der Waals surface area contributed by atoms with Crippen molar-refractivity contribution in [1.29, 1.82) is 0 Å². The highest BCUT2D eigenvalue weighted by atomic mass is 16.5. The third-order valence-corrected chi connectivity index (χ3v) is 5.97. The van der Waals surface area contributed by atoms with E-state index in [4.69, 9.17) is 9.26 Å². The first-order chi connectivity index (χ1) is 13.2. The van der Waals surface area contributed by atoms with Crippen LogP contribution in [0.15, 0.2) is 4.52 Å². The standard InChI is InChI=1S/C20H34N4O3/c1-16(25)24(13-11-19-21-20(15-26-2)27-22-19)18-10-7-12-23(14-18)17-8-5-3-4-6-9-17/h17-18H,3-15H2,1-2H3. The molecule has 0 bridgehead atoms. The van der Waals surface area contributed by atoms with Gasteiger partial charge in [0.1, 0.15) is 6.61 Å². The summed E-state index contributed by atoms with van der Waals surface area (Å²) in [6.07, 6.45) is 11.0. The Kier molecular flexibility index (Phi) is 7.64. The fourth-order valence-corrected chi connectivity index (χ4v) is 4.58. The van der Waals surface area contributed by atoms with Crippen LogP contribution in [0.5, 0.6) is 0 Å². The fraction of sp³-hybridized carbons (Fsp3) is 0.850. The van der Waals surface area contributed by atoms with Gasteiger partial charge in [-0.3, -0.25) is 9.69 Å². The number of amides is 1. The highest BCUT2D eigenvalue weighted by Crippen LogP contribution is 2.26. The van der Waals surface area contributed by atoms with Gasteiger partial charge < -0.3 is 14.2 Å². The van der Waals surface area contributed by atoms with E-state index in [2.05, 4.69) is 15.0 Å². The van der Waals surface area contributed by atoms with E-state index in [1.54, 1.807) is 14.0 Å². The molecule has 1 atom stereocenters. The average Bonchev–Trinajstić information content (AvgIpc) is 2.93. The number of aromatic nitrogens is 2. The third kappa shape index (κ3) is 5.75. The largest absolute Gasteiger partial charge is 0.375 e. The number of likely N-dealkylation sites (tertiary alicyclic amines) is 1. The Morgan fingerprint density at radius 2 is 2.00 bits per heavy atom. The number of piperidine rings is 1. The van der Waals surface area contributed by atoms with Crippen molar-refractivity contribution in [3.05, 3.63) is 11.7 Å². The molecule has 1 saturated carbocycles. The summed E-state index contributed by atoms with van der Waals surface area (Å²) in [6.45, 7) is 4.83. The first-order valence-corrected chi connectivity index (χ1v) is 10.5. The first kappa shape index (κ1) is 20.3. The molecule has 1 aliphatic carbocycles. The highest BCUT2D eigenvalue weighted by Gasteiger charge is 2.30. The average molecular weight is 379 g/mol. The Bertz CT molecular complexity index is 584. The lowest BCUT2D eigenvalue weighted by atomic mass is 9.98. The van der Waals surface area contributed by atoms with Gasteiger partial charge in [0.2, 0.25) is 5.91 Å². The molecular formula is C20H34N4O3. The first-order valence-electron chi connectivity index (χ1n) is 10.5. The second-order valence-electron chi connectivity index (χ2n) is 7.94. The number of hydrogen-bond donors (Lipinski definition) is 0. The number of methoxy groups -OCH3 is 1. The second kappa shape index (κ2) is 10.2. The van der Waals surface area contributed by atoms with E-state index >= 15 is 0 Å². The van der Waals surface area contributed by atoms with Crippen LogP contribution in [0.1, 0.15) is 70.0 Å². The summed E-state index contributed by atoms with van der Waals surface area (Å²) in [5, 5.41) is 4.00. The van der Waals surface area contributed by atoms with Crippen LogP contribution in [0.3, 0.4) is 0 Å². The molecule has 2 aliphatic rings. The number of carbonyl (C=O) groups is 1. The maximum absolute atomic E-state index is 12.3. The van der Waals surface area contributed by atoms with Gasteiger partial charge in [0.25, 0.3) is 5.89 Å². The van der Waals surface area contributed by atoms with Gasteiger partial charge in [0, 0.05) is 45.6 Å². The minimum absolute atomic E-state index is 0.142. The molecule has 7 heteroatoms. The molecule has 152 valence electrons. The van der Waals surface area contributed by atoms with Crippen molar-refractivity contribution in [2.45, 2.75) is 83.4 Å². The molecule has 0 N–H and O–H groups in total. The predicted molar refractivity (Wildman–Crippen MR) is 102 cm³/mol. The van der Waals surface area contributed by atoms with Crippen molar-refractivity contribution in [3.63, 3.8) is 0 Å². The Morgan fingerprint density at radius 3 is 2.70 bits per heavy atom. The molecule has 1 amide bonds. The molecule has 0 spiro atoms. The number of rotatable bonds is 7. The van der Waals surface area contributed by atoms with Crippen LogP contribution in [0.2, 0.25) is 0 Å². The van der Waals surface area contributed by atoms with Crippen LogP contribution in [0, 0.1) is 0 Å². The zero-order valence-corrected chi connectivity index (χ0v) is 16.9. The van der Waals surface area contributed by atoms with Gasteiger partial charge in [0.05, 0.1) is 0 Å². The molecule has 27 heavy (non-hydrogen) atoms. The van der Waals surface area contributed by atoms with Crippen molar-refractivity contribution in [3.8, 4) is 0 Å². The highest BCUT2D eigenvalue weighted by molar-refractivity contribution is 5.73. The molecule has 3 rings (SSSR count). The number of hydrogen-bond acceptors (Lipinski definition) is 6. The molecular weight excluding hydrogens is 344 g/mol. The van der Waals surface area contributed by atoms with Crippen LogP contribution < -0.4 is 0 Å².